The molecule has 0 saturated carbocycles. The predicted octanol–water partition coefficient (Wildman–Crippen LogP) is 14.6. The van der Waals surface area contributed by atoms with Crippen molar-refractivity contribution >= 4 is 67.2 Å². The second-order valence-corrected chi connectivity index (χ2v) is 29.6. The van der Waals surface area contributed by atoms with Crippen molar-refractivity contribution in [3.8, 4) is 68.3 Å². The van der Waals surface area contributed by atoms with E-state index in [9.17, 15) is 17.6 Å². The topological polar surface area (TPSA) is 240 Å². The maximum absolute atomic E-state index is 13.7. The van der Waals surface area contributed by atoms with Gasteiger partial charge in [-0.3, -0.25) is 44.5 Å². The number of benzene rings is 6. The number of methoxy groups -OCH3 is 6. The number of fused-ring (bicyclic) bond motifs is 3. The molecule has 30 heteroatoms. The first kappa shape index (κ1) is 80.3. The summed E-state index contributed by atoms with van der Waals surface area (Å²) in [5.74, 6) is -1.02. The van der Waals surface area contributed by atoms with Gasteiger partial charge < -0.3 is 52.8 Å². The molecule has 26 nitrogen and oxygen atoms in total. The number of hydrogen-bond acceptors (Lipinski definition) is 23. The highest BCUT2D eigenvalue weighted by atomic mass is 19.3. The first-order valence-corrected chi connectivity index (χ1v) is 38.9. The van der Waals surface area contributed by atoms with E-state index in [0.717, 1.165) is 158 Å². The average Bonchev–Trinajstić information content (AvgIpc) is 1.37. The molecule has 0 aliphatic carbocycles. The number of nitrogens with zero attached hydrogens (tertiary/aromatic N) is 17. The van der Waals surface area contributed by atoms with E-state index < -0.39 is 11.8 Å². The van der Waals surface area contributed by atoms with Gasteiger partial charge in [0, 0.05) is 215 Å². The highest BCUT2D eigenvalue weighted by Crippen LogP contribution is 2.40. The van der Waals surface area contributed by atoms with Crippen molar-refractivity contribution in [1.82, 2.24) is 79.7 Å². The number of ether oxygens (including phenoxy) is 7. The van der Waals surface area contributed by atoms with E-state index >= 15 is 0 Å². The lowest BCUT2D eigenvalue weighted by atomic mass is 10.1. The van der Waals surface area contributed by atoms with Crippen LogP contribution in [0.4, 0.5) is 51.7 Å². The van der Waals surface area contributed by atoms with Gasteiger partial charge in [-0.25, -0.2) is 32.5 Å². The molecule has 0 amide bonds. The fraction of sp³-hybridized carbons (Fsp3) is 0.400. The molecule has 0 radical (unpaired) electrons. The van der Waals surface area contributed by atoms with E-state index in [1.165, 1.54) is 6.42 Å². The maximum Gasteiger partial charge on any atom is 0.261 e. The van der Waals surface area contributed by atoms with Gasteiger partial charge in [0.2, 0.25) is 0 Å². The molecule has 4 aliphatic heterocycles. The number of rotatable bonds is 28. The molecule has 4 aliphatic rings. The van der Waals surface area contributed by atoms with Gasteiger partial charge in [0.1, 0.15) is 34.5 Å². The van der Waals surface area contributed by atoms with Crippen LogP contribution in [0, 0.1) is 0 Å². The number of morpholine rings is 1. The van der Waals surface area contributed by atoms with Crippen molar-refractivity contribution < 1.29 is 50.7 Å². The zero-order chi connectivity index (χ0) is 80.2. The first-order chi connectivity index (χ1) is 55.7. The number of anilines is 6. The fourth-order valence-electron chi connectivity index (χ4n) is 15.5. The number of hydrogen-bond donors (Lipinski definition) is 2. The van der Waals surface area contributed by atoms with Crippen LogP contribution in [0.5, 0.6) is 34.5 Å². The Morgan fingerprint density at radius 1 is 0.435 bits per heavy atom. The standard InChI is InChI=1S/C33H43N7O3.2C26H28F2N6O2/c1-23-19-39(20-24(2)43-23)27-9-12-38(22-27)10-6-11-40(28-13-29(41-4)16-30(14-28)42-5)26-7-8-31-32(15-26)36-33(18-34-31)25-17-35-37(3)21-25;2*1-35-21-10-20(11-22(13-21)36-2)34(8-3-7-33-9-6-26(27,28)17-33)19-4-5-23-24(12-19)32-25(16-29-23)18-14-30-31-15-18/h7-8,13-18,21,23-24,27H,6,9-12,19-20,22H2,1-5H3;2*4-5,10-16H,3,6-9,17H2,1-2H3,(H,30,31)/t23-,24+,27?;;. The molecule has 6 aromatic heterocycles. The van der Waals surface area contributed by atoms with Gasteiger partial charge in [0.25, 0.3) is 11.8 Å². The highest BCUT2D eigenvalue weighted by molar-refractivity contribution is 5.86. The van der Waals surface area contributed by atoms with Crippen LogP contribution in [0.2, 0.25) is 0 Å². The molecule has 4 saturated heterocycles. The Kier molecular flexibility index (Phi) is 25.5. The van der Waals surface area contributed by atoms with Crippen LogP contribution in [0.3, 0.4) is 0 Å². The van der Waals surface area contributed by atoms with Gasteiger partial charge in [-0.2, -0.15) is 15.3 Å². The average molecular weight is 1570 g/mol. The summed E-state index contributed by atoms with van der Waals surface area (Å²) in [4.78, 5) is 43.8. The summed E-state index contributed by atoms with van der Waals surface area (Å²) >= 11 is 0. The number of alkyl halides is 4. The Bertz CT molecular complexity index is 4940. The van der Waals surface area contributed by atoms with Crippen LogP contribution in [0.25, 0.3) is 66.9 Å². The summed E-state index contributed by atoms with van der Waals surface area (Å²) in [7, 11) is 11.7. The molecular weight excluding hydrogens is 1480 g/mol. The normalized spacial score (nSPS) is 17.6. The number of H-pyrrole nitrogens is 2. The number of aromatic nitrogens is 12. The minimum atomic E-state index is -2.59. The van der Waals surface area contributed by atoms with Gasteiger partial charge in [-0.1, -0.05) is 0 Å². The Hall–Kier alpha value is -11.3. The molecule has 115 heavy (non-hydrogen) atoms. The maximum atomic E-state index is 13.7. The van der Waals surface area contributed by atoms with Crippen molar-refractivity contribution in [3.05, 3.63) is 165 Å². The first-order valence-electron chi connectivity index (χ1n) is 38.9. The zero-order valence-corrected chi connectivity index (χ0v) is 66.4. The van der Waals surface area contributed by atoms with Crippen molar-refractivity contribution in [2.24, 2.45) is 7.05 Å². The van der Waals surface area contributed by atoms with E-state index in [-0.39, 0.29) is 25.9 Å². The SMILES string of the molecule is COc1cc(OC)cc(N(CCCN2CCC(F)(F)C2)c2ccc3ncc(-c4cn[nH]c4)nc3c2)c1.COc1cc(OC)cc(N(CCCN2CCC(F)(F)C2)c2ccc3ncc(-c4cn[nH]c4)nc3c2)c1.COc1cc(OC)cc(N(CCCN2CCC(N3C[C@@H](C)O[C@@H](C)C3)C2)c2ccc3ncc(-c4cnn(C)c4)nc3c2)c1. The lowest BCUT2D eigenvalue weighted by Gasteiger charge is -2.39. The van der Waals surface area contributed by atoms with Crippen LogP contribution < -0.4 is 43.1 Å². The summed E-state index contributed by atoms with van der Waals surface area (Å²) in [6.07, 6.45) is 20.1. The summed E-state index contributed by atoms with van der Waals surface area (Å²) in [6, 6.07) is 36.1. The van der Waals surface area contributed by atoms with E-state index in [1.54, 1.807) is 84.5 Å². The minimum Gasteiger partial charge on any atom is -0.497 e. The Labute approximate surface area is 666 Å². The molecule has 604 valence electrons. The Morgan fingerprint density at radius 3 is 1.14 bits per heavy atom. The van der Waals surface area contributed by atoms with Crippen LogP contribution in [0.1, 0.15) is 52.4 Å². The molecule has 0 bridgehead atoms. The molecule has 1 unspecified atom stereocenters. The fourth-order valence-corrected chi connectivity index (χ4v) is 15.5. The van der Waals surface area contributed by atoms with Crippen LogP contribution >= 0.6 is 0 Å². The lowest BCUT2D eigenvalue weighted by Crippen LogP contribution is -2.50. The number of aromatic amines is 2. The molecular formula is C85H99F4N19O7. The van der Waals surface area contributed by atoms with E-state index in [0.29, 0.717) is 93.4 Å². The van der Waals surface area contributed by atoms with Crippen molar-refractivity contribution in [2.45, 2.75) is 82.5 Å². The van der Waals surface area contributed by atoms with Gasteiger partial charge >= 0.3 is 0 Å². The number of likely N-dealkylation sites (tertiary alicyclic amines) is 3. The van der Waals surface area contributed by atoms with Crippen molar-refractivity contribution in [1.29, 1.82) is 0 Å². The molecule has 3 atom stereocenters. The quantitative estimate of drug-likeness (QED) is 0.0433. The summed E-state index contributed by atoms with van der Waals surface area (Å²) in [5.41, 5.74) is 15.2. The third-order valence-electron chi connectivity index (χ3n) is 21.3. The largest absolute Gasteiger partial charge is 0.497 e. The smallest absolute Gasteiger partial charge is 0.261 e. The van der Waals surface area contributed by atoms with Gasteiger partial charge in [-0.05, 0) is 107 Å². The second kappa shape index (κ2) is 36.4. The summed E-state index contributed by atoms with van der Waals surface area (Å²) < 4.78 is 95.6. The molecule has 12 aromatic rings. The van der Waals surface area contributed by atoms with E-state index in [1.807, 2.05) is 120 Å². The zero-order valence-electron chi connectivity index (χ0n) is 66.4. The molecule has 4 fully saturated rings. The third kappa shape index (κ3) is 20.3. The molecule has 2 N–H and O–H groups in total. The Balaban J connectivity index is 0.000000143. The van der Waals surface area contributed by atoms with Gasteiger partial charge in [-0.15, -0.1) is 0 Å². The number of halogens is 4. The molecule has 16 rings (SSSR count). The minimum absolute atomic E-state index is 0.0772. The van der Waals surface area contributed by atoms with Gasteiger partial charge in [0.15, 0.2) is 0 Å². The van der Waals surface area contributed by atoms with Gasteiger partial charge in [0.05, 0.1) is 155 Å². The highest BCUT2D eigenvalue weighted by Gasteiger charge is 2.39. The van der Waals surface area contributed by atoms with E-state index in [2.05, 4.69) is 103 Å². The number of nitrogens with one attached hydrogen (secondary N) is 2. The van der Waals surface area contributed by atoms with Crippen molar-refractivity contribution in [3.63, 3.8) is 0 Å². The Morgan fingerprint density at radius 2 is 0.809 bits per heavy atom. The summed E-state index contributed by atoms with van der Waals surface area (Å²) in [6.45, 7) is 13.5. The van der Waals surface area contributed by atoms with Crippen LogP contribution in [-0.2, 0) is 11.8 Å². The monoisotopic (exact) mass is 1570 g/mol. The van der Waals surface area contributed by atoms with Crippen LogP contribution in [-0.4, -0.2) is 244 Å². The number of aryl methyl sites for hydroxylation is 1. The predicted molar refractivity (Wildman–Crippen MR) is 438 cm³/mol. The van der Waals surface area contributed by atoms with Crippen molar-refractivity contribution in [2.75, 3.05) is 149 Å². The second-order valence-electron chi connectivity index (χ2n) is 29.6. The third-order valence-corrected chi connectivity index (χ3v) is 21.3. The molecule has 0 spiro atoms. The van der Waals surface area contributed by atoms with E-state index in [4.69, 9.17) is 48.1 Å². The summed E-state index contributed by atoms with van der Waals surface area (Å²) in [5, 5.41) is 17.9. The molecule has 10 heterocycles. The lowest BCUT2D eigenvalue weighted by molar-refractivity contribution is -0.0790. The molecule has 6 aromatic carbocycles. The van der Waals surface area contributed by atoms with Crippen LogP contribution in [0.15, 0.2) is 165 Å².